The van der Waals surface area contributed by atoms with Crippen LogP contribution in [-0.2, 0) is 9.59 Å². The Hall–Kier alpha value is -2.50. The zero-order valence-electron chi connectivity index (χ0n) is 10.3. The molecule has 1 aromatic carbocycles. The fourth-order valence-electron chi connectivity index (χ4n) is 1.77. The lowest BCUT2D eigenvalue weighted by atomic mass is 10.1. The van der Waals surface area contributed by atoms with Crippen LogP contribution < -0.4 is 15.4 Å². The van der Waals surface area contributed by atoms with Crippen molar-refractivity contribution in [3.63, 3.8) is 0 Å². The van der Waals surface area contributed by atoms with Crippen LogP contribution in [0.15, 0.2) is 36.0 Å². The van der Waals surface area contributed by atoms with Crippen molar-refractivity contribution in [3.8, 4) is 5.75 Å². The van der Waals surface area contributed by atoms with E-state index in [0.29, 0.717) is 11.3 Å². The number of amides is 1. The molecule has 6 nitrogen and oxygen atoms in total. The first-order valence-electron chi connectivity index (χ1n) is 5.73. The smallest absolute Gasteiger partial charge is 0.326 e. The second-order valence-electron chi connectivity index (χ2n) is 4.11. The van der Waals surface area contributed by atoms with Crippen molar-refractivity contribution in [2.75, 3.05) is 12.4 Å². The number of ether oxygens (including phenoxy) is 1. The number of carboxylic acids is 1. The largest absolute Gasteiger partial charge is 0.497 e. The molecule has 0 aliphatic carbocycles. The van der Waals surface area contributed by atoms with Crippen LogP contribution in [0.1, 0.15) is 6.42 Å². The SMILES string of the molecule is COc1cccc(N/C=C2\C[C@@H](C(=O)O)NC2=O)c1. The standard InChI is InChI=1S/C13H14N2O4/c1-19-10-4-2-3-9(6-10)14-7-8-5-11(13(17)18)15-12(8)16/h2-4,6-7,11,14H,5H2,1H3,(H,15,16)(H,17,18)/b8-7+/t11-/m0/s1. The van der Waals surface area contributed by atoms with Gasteiger partial charge in [-0.2, -0.15) is 0 Å². The van der Waals surface area contributed by atoms with Gasteiger partial charge in [0.15, 0.2) is 0 Å². The summed E-state index contributed by atoms with van der Waals surface area (Å²) in [5.41, 5.74) is 1.17. The molecule has 0 unspecified atom stereocenters. The molecule has 0 aromatic heterocycles. The van der Waals surface area contributed by atoms with E-state index in [1.807, 2.05) is 12.1 Å². The van der Waals surface area contributed by atoms with E-state index in [2.05, 4.69) is 10.6 Å². The first kappa shape index (κ1) is 12.9. The van der Waals surface area contributed by atoms with Crippen molar-refractivity contribution in [3.05, 3.63) is 36.0 Å². The van der Waals surface area contributed by atoms with Crippen LogP contribution in [-0.4, -0.2) is 30.1 Å². The average molecular weight is 262 g/mol. The van der Waals surface area contributed by atoms with E-state index in [1.165, 1.54) is 6.20 Å². The second kappa shape index (κ2) is 5.43. The molecule has 1 fully saturated rings. The molecular weight excluding hydrogens is 248 g/mol. The number of methoxy groups -OCH3 is 1. The minimum atomic E-state index is -1.03. The molecule has 1 saturated heterocycles. The molecule has 6 heteroatoms. The molecule has 1 aliphatic heterocycles. The highest BCUT2D eigenvalue weighted by molar-refractivity contribution is 6.00. The van der Waals surface area contributed by atoms with E-state index in [1.54, 1.807) is 19.2 Å². The fourth-order valence-corrected chi connectivity index (χ4v) is 1.77. The summed E-state index contributed by atoms with van der Waals surface area (Å²) in [6.07, 6.45) is 1.69. The summed E-state index contributed by atoms with van der Waals surface area (Å²) >= 11 is 0. The monoisotopic (exact) mass is 262 g/mol. The lowest BCUT2D eigenvalue weighted by Gasteiger charge is -2.04. The van der Waals surface area contributed by atoms with Gasteiger partial charge in [0.2, 0.25) is 5.91 Å². The molecule has 1 heterocycles. The van der Waals surface area contributed by atoms with Gasteiger partial charge in [-0.05, 0) is 12.1 Å². The average Bonchev–Trinajstić information content (AvgIpc) is 2.78. The minimum Gasteiger partial charge on any atom is -0.497 e. The Labute approximate surface area is 110 Å². The zero-order chi connectivity index (χ0) is 13.8. The van der Waals surface area contributed by atoms with Crippen molar-refractivity contribution >= 4 is 17.6 Å². The van der Waals surface area contributed by atoms with Gasteiger partial charge in [0, 0.05) is 29.9 Å². The molecule has 0 spiro atoms. The van der Waals surface area contributed by atoms with Gasteiger partial charge in [-0.3, -0.25) is 4.79 Å². The van der Waals surface area contributed by atoms with Crippen molar-refractivity contribution in [1.29, 1.82) is 0 Å². The predicted molar refractivity (Wildman–Crippen MR) is 68.9 cm³/mol. The van der Waals surface area contributed by atoms with Crippen molar-refractivity contribution < 1.29 is 19.4 Å². The molecule has 19 heavy (non-hydrogen) atoms. The number of anilines is 1. The highest BCUT2D eigenvalue weighted by Gasteiger charge is 2.31. The van der Waals surface area contributed by atoms with Crippen LogP contribution in [0, 0.1) is 0 Å². The van der Waals surface area contributed by atoms with Gasteiger partial charge in [0.05, 0.1) is 7.11 Å². The first-order chi connectivity index (χ1) is 9.10. The molecule has 3 N–H and O–H groups in total. The number of nitrogens with one attached hydrogen (secondary N) is 2. The summed E-state index contributed by atoms with van der Waals surface area (Å²) in [5.74, 6) is -0.691. The lowest BCUT2D eigenvalue weighted by molar-refractivity contribution is -0.140. The Bertz CT molecular complexity index is 539. The van der Waals surface area contributed by atoms with Crippen molar-refractivity contribution in [2.45, 2.75) is 12.5 Å². The number of rotatable bonds is 4. The van der Waals surface area contributed by atoms with Gasteiger partial charge in [0.25, 0.3) is 0 Å². The third-order valence-corrected chi connectivity index (χ3v) is 2.80. The Morgan fingerprint density at radius 1 is 1.58 bits per heavy atom. The highest BCUT2D eigenvalue weighted by atomic mass is 16.5. The van der Waals surface area contributed by atoms with Crippen molar-refractivity contribution in [1.82, 2.24) is 5.32 Å². The Balaban J connectivity index is 2.06. The van der Waals surface area contributed by atoms with Crippen molar-refractivity contribution in [2.24, 2.45) is 0 Å². The first-order valence-corrected chi connectivity index (χ1v) is 5.73. The summed E-state index contributed by atoms with van der Waals surface area (Å²) in [4.78, 5) is 22.3. The van der Waals surface area contributed by atoms with Crippen LogP contribution in [0.2, 0.25) is 0 Å². The van der Waals surface area contributed by atoms with E-state index < -0.39 is 12.0 Å². The third kappa shape index (κ3) is 3.04. The normalized spacial score (nSPS) is 20.2. The third-order valence-electron chi connectivity index (χ3n) is 2.80. The maximum absolute atomic E-state index is 11.5. The molecule has 0 radical (unpaired) electrons. The molecule has 100 valence electrons. The summed E-state index contributed by atoms with van der Waals surface area (Å²) in [6.45, 7) is 0. The van der Waals surface area contributed by atoms with Gasteiger partial charge in [-0.25, -0.2) is 4.79 Å². The van der Waals surface area contributed by atoms with E-state index in [9.17, 15) is 9.59 Å². The van der Waals surface area contributed by atoms with Crippen LogP contribution in [0.5, 0.6) is 5.75 Å². The molecule has 0 saturated carbocycles. The number of carbonyl (C=O) groups excluding carboxylic acids is 1. The Morgan fingerprint density at radius 2 is 2.37 bits per heavy atom. The van der Waals surface area contributed by atoms with Gasteiger partial charge in [-0.15, -0.1) is 0 Å². The van der Waals surface area contributed by atoms with Crippen LogP contribution in [0.25, 0.3) is 0 Å². The van der Waals surface area contributed by atoms with Crippen LogP contribution >= 0.6 is 0 Å². The van der Waals surface area contributed by atoms with E-state index >= 15 is 0 Å². The molecule has 1 aromatic rings. The summed E-state index contributed by atoms with van der Waals surface area (Å²) in [6, 6.07) is 6.38. The maximum Gasteiger partial charge on any atom is 0.326 e. The number of hydrogen-bond donors (Lipinski definition) is 3. The minimum absolute atomic E-state index is 0.172. The summed E-state index contributed by atoms with van der Waals surface area (Å²) in [5, 5.41) is 14.2. The molecular formula is C13H14N2O4. The summed E-state index contributed by atoms with van der Waals surface area (Å²) < 4.78 is 5.08. The molecule has 0 bridgehead atoms. The number of carbonyl (C=O) groups is 2. The van der Waals surface area contributed by atoms with Gasteiger partial charge < -0.3 is 20.5 Å². The number of aliphatic carboxylic acids is 1. The molecule has 1 amide bonds. The van der Waals surface area contributed by atoms with E-state index in [-0.39, 0.29) is 12.3 Å². The maximum atomic E-state index is 11.5. The molecule has 2 rings (SSSR count). The van der Waals surface area contributed by atoms with Gasteiger partial charge in [0.1, 0.15) is 11.8 Å². The quantitative estimate of drug-likeness (QED) is 0.703. The topological polar surface area (TPSA) is 87.7 Å². The van der Waals surface area contributed by atoms with E-state index in [4.69, 9.17) is 9.84 Å². The fraction of sp³-hybridized carbons (Fsp3) is 0.231. The molecule has 1 aliphatic rings. The number of hydrogen-bond acceptors (Lipinski definition) is 4. The van der Waals surface area contributed by atoms with Gasteiger partial charge >= 0.3 is 5.97 Å². The summed E-state index contributed by atoms with van der Waals surface area (Å²) in [7, 11) is 1.57. The number of carboxylic acid groups (broad SMARTS) is 1. The Morgan fingerprint density at radius 3 is 3.00 bits per heavy atom. The van der Waals surface area contributed by atoms with Crippen LogP contribution in [0.3, 0.4) is 0 Å². The number of benzene rings is 1. The second-order valence-corrected chi connectivity index (χ2v) is 4.11. The lowest BCUT2D eigenvalue weighted by Crippen LogP contribution is -2.32. The highest BCUT2D eigenvalue weighted by Crippen LogP contribution is 2.19. The van der Waals surface area contributed by atoms with E-state index in [0.717, 1.165) is 5.69 Å². The molecule has 1 atom stereocenters. The van der Waals surface area contributed by atoms with Crippen LogP contribution in [0.4, 0.5) is 5.69 Å². The zero-order valence-corrected chi connectivity index (χ0v) is 10.3. The predicted octanol–water partition coefficient (Wildman–Crippen LogP) is 0.964. The van der Waals surface area contributed by atoms with Gasteiger partial charge in [-0.1, -0.05) is 6.07 Å². The Kier molecular flexibility index (Phi) is 3.70.